The zero-order chi connectivity index (χ0) is 14.5. The Labute approximate surface area is 120 Å². The van der Waals surface area contributed by atoms with Gasteiger partial charge in [0.15, 0.2) is 0 Å². The Kier molecular flexibility index (Phi) is 5.38. The number of hydrogen-bond acceptors (Lipinski definition) is 3. The summed E-state index contributed by atoms with van der Waals surface area (Å²) < 4.78 is 19.4. The number of halogens is 1. The summed E-state index contributed by atoms with van der Waals surface area (Å²) >= 11 is 0. The number of aliphatic hydroxyl groups excluding tert-OH is 1. The van der Waals surface area contributed by atoms with Crippen LogP contribution in [0.3, 0.4) is 0 Å². The molecule has 2 N–H and O–H groups in total. The fraction of sp³-hybridized carbons (Fsp3) is 0.625. The molecule has 2 rings (SSSR count). The van der Waals surface area contributed by atoms with E-state index in [0.29, 0.717) is 5.75 Å². The number of ether oxygens (including phenoxy) is 1. The summed E-state index contributed by atoms with van der Waals surface area (Å²) in [6.07, 6.45) is 4.10. The first-order valence-corrected chi connectivity index (χ1v) is 7.43. The summed E-state index contributed by atoms with van der Waals surface area (Å²) in [7, 11) is 1.86. The van der Waals surface area contributed by atoms with Gasteiger partial charge in [0.05, 0.1) is 6.10 Å². The van der Waals surface area contributed by atoms with E-state index in [1.807, 2.05) is 14.0 Å². The predicted molar refractivity (Wildman–Crippen MR) is 77.4 cm³/mol. The van der Waals surface area contributed by atoms with Crippen molar-refractivity contribution in [1.82, 2.24) is 5.32 Å². The summed E-state index contributed by atoms with van der Waals surface area (Å²) in [6.45, 7) is 2.00. The third kappa shape index (κ3) is 3.70. The summed E-state index contributed by atoms with van der Waals surface area (Å²) in [5, 5.41) is 13.3. The first-order chi connectivity index (χ1) is 9.61. The minimum atomic E-state index is -0.460. The maximum atomic E-state index is 13.5. The van der Waals surface area contributed by atoms with Gasteiger partial charge in [-0.3, -0.25) is 0 Å². The smallest absolute Gasteiger partial charge is 0.127 e. The molecule has 0 amide bonds. The Balaban J connectivity index is 2.20. The zero-order valence-corrected chi connectivity index (χ0v) is 12.2. The zero-order valence-electron chi connectivity index (χ0n) is 12.2. The highest BCUT2D eigenvalue weighted by atomic mass is 19.1. The van der Waals surface area contributed by atoms with Gasteiger partial charge in [-0.2, -0.15) is 0 Å². The van der Waals surface area contributed by atoms with Gasteiger partial charge in [-0.25, -0.2) is 4.39 Å². The maximum Gasteiger partial charge on any atom is 0.127 e. The third-order valence-electron chi connectivity index (χ3n) is 4.07. The van der Waals surface area contributed by atoms with Crippen LogP contribution in [-0.4, -0.2) is 24.4 Å². The SMILES string of the molecule is CNC(C)c1ccc(F)cc1OC1CCCCCC1O. The molecule has 3 unspecified atom stereocenters. The van der Waals surface area contributed by atoms with E-state index in [-0.39, 0.29) is 18.0 Å². The van der Waals surface area contributed by atoms with E-state index in [0.717, 1.165) is 37.7 Å². The lowest BCUT2D eigenvalue weighted by Gasteiger charge is -2.25. The number of hydrogen-bond donors (Lipinski definition) is 2. The molecule has 3 nitrogen and oxygen atoms in total. The number of aliphatic hydroxyl groups is 1. The van der Waals surface area contributed by atoms with E-state index in [1.54, 1.807) is 6.07 Å². The van der Waals surface area contributed by atoms with E-state index in [2.05, 4.69) is 5.32 Å². The van der Waals surface area contributed by atoms with Crippen LogP contribution in [0.5, 0.6) is 5.75 Å². The Bertz CT molecular complexity index is 438. The lowest BCUT2D eigenvalue weighted by Crippen LogP contribution is -2.31. The Hall–Kier alpha value is -1.13. The van der Waals surface area contributed by atoms with Crippen molar-refractivity contribution in [2.45, 2.75) is 57.3 Å². The number of benzene rings is 1. The topological polar surface area (TPSA) is 41.5 Å². The highest BCUT2D eigenvalue weighted by molar-refractivity contribution is 5.36. The molecule has 1 aliphatic carbocycles. The van der Waals surface area contributed by atoms with Crippen molar-refractivity contribution in [2.24, 2.45) is 0 Å². The molecule has 1 fully saturated rings. The van der Waals surface area contributed by atoms with Gasteiger partial charge in [-0.05, 0) is 39.3 Å². The molecule has 0 saturated heterocycles. The van der Waals surface area contributed by atoms with Gasteiger partial charge in [-0.1, -0.05) is 18.9 Å². The van der Waals surface area contributed by atoms with Crippen LogP contribution in [0.15, 0.2) is 18.2 Å². The molecule has 1 aromatic rings. The quantitative estimate of drug-likeness (QED) is 0.833. The van der Waals surface area contributed by atoms with E-state index in [1.165, 1.54) is 12.1 Å². The van der Waals surface area contributed by atoms with E-state index in [9.17, 15) is 9.50 Å². The lowest BCUT2D eigenvalue weighted by atomic mass is 10.1. The second-order valence-electron chi connectivity index (χ2n) is 5.55. The summed E-state index contributed by atoms with van der Waals surface area (Å²) in [4.78, 5) is 0. The fourth-order valence-electron chi connectivity index (χ4n) is 2.68. The van der Waals surface area contributed by atoms with E-state index in [4.69, 9.17) is 4.74 Å². The van der Waals surface area contributed by atoms with Crippen molar-refractivity contribution in [3.05, 3.63) is 29.6 Å². The third-order valence-corrected chi connectivity index (χ3v) is 4.07. The Morgan fingerprint density at radius 1 is 1.30 bits per heavy atom. The standard InChI is InChI=1S/C16H24FNO2/c1-11(18-2)13-9-8-12(17)10-16(13)20-15-7-5-3-4-6-14(15)19/h8-11,14-15,18-19H,3-7H2,1-2H3. The van der Waals surface area contributed by atoms with Crippen LogP contribution in [0.1, 0.15) is 50.6 Å². The van der Waals surface area contributed by atoms with Crippen molar-refractivity contribution < 1.29 is 14.2 Å². The largest absolute Gasteiger partial charge is 0.487 e. The van der Waals surface area contributed by atoms with Crippen LogP contribution >= 0.6 is 0 Å². The van der Waals surface area contributed by atoms with Crippen LogP contribution in [0.2, 0.25) is 0 Å². The summed E-state index contributed by atoms with van der Waals surface area (Å²) in [6, 6.07) is 4.68. The second kappa shape index (κ2) is 7.04. The molecule has 0 bridgehead atoms. The average Bonchev–Trinajstić information content (AvgIpc) is 2.64. The molecular formula is C16H24FNO2. The van der Waals surface area contributed by atoms with Gasteiger partial charge in [0.1, 0.15) is 17.7 Å². The Morgan fingerprint density at radius 3 is 2.80 bits per heavy atom. The molecule has 4 heteroatoms. The van der Waals surface area contributed by atoms with Crippen molar-refractivity contribution in [3.8, 4) is 5.75 Å². The van der Waals surface area contributed by atoms with Crippen molar-refractivity contribution >= 4 is 0 Å². The van der Waals surface area contributed by atoms with Gasteiger partial charge in [0.25, 0.3) is 0 Å². The molecule has 1 aromatic carbocycles. The fourth-order valence-corrected chi connectivity index (χ4v) is 2.68. The van der Waals surface area contributed by atoms with Crippen LogP contribution in [0.4, 0.5) is 4.39 Å². The van der Waals surface area contributed by atoms with Crippen molar-refractivity contribution in [1.29, 1.82) is 0 Å². The lowest BCUT2D eigenvalue weighted by molar-refractivity contribution is 0.0310. The van der Waals surface area contributed by atoms with Crippen LogP contribution < -0.4 is 10.1 Å². The minimum Gasteiger partial charge on any atom is -0.487 e. The molecule has 3 atom stereocenters. The monoisotopic (exact) mass is 281 g/mol. The molecular weight excluding hydrogens is 257 g/mol. The first-order valence-electron chi connectivity index (χ1n) is 7.43. The molecule has 0 spiro atoms. The minimum absolute atomic E-state index is 0.0773. The molecule has 0 heterocycles. The first kappa shape index (κ1) is 15.3. The van der Waals surface area contributed by atoms with Gasteiger partial charge in [0, 0.05) is 17.7 Å². The molecule has 112 valence electrons. The van der Waals surface area contributed by atoms with Gasteiger partial charge in [0.2, 0.25) is 0 Å². The molecule has 0 aromatic heterocycles. The van der Waals surface area contributed by atoms with Crippen LogP contribution in [-0.2, 0) is 0 Å². The highest BCUT2D eigenvalue weighted by Crippen LogP contribution is 2.30. The van der Waals surface area contributed by atoms with E-state index < -0.39 is 6.10 Å². The van der Waals surface area contributed by atoms with E-state index >= 15 is 0 Å². The summed E-state index contributed by atoms with van der Waals surface area (Å²) in [5.41, 5.74) is 0.922. The summed E-state index contributed by atoms with van der Waals surface area (Å²) in [5.74, 6) is 0.230. The Morgan fingerprint density at radius 2 is 2.05 bits per heavy atom. The highest BCUT2D eigenvalue weighted by Gasteiger charge is 2.24. The number of nitrogens with one attached hydrogen (secondary N) is 1. The molecule has 1 saturated carbocycles. The predicted octanol–water partition coefficient (Wildman–Crippen LogP) is 3.18. The molecule has 0 aliphatic heterocycles. The molecule has 0 radical (unpaired) electrons. The van der Waals surface area contributed by atoms with Crippen LogP contribution in [0, 0.1) is 5.82 Å². The average molecular weight is 281 g/mol. The van der Waals surface area contributed by atoms with Gasteiger partial charge < -0.3 is 15.2 Å². The van der Waals surface area contributed by atoms with Crippen molar-refractivity contribution in [2.75, 3.05) is 7.05 Å². The number of rotatable bonds is 4. The van der Waals surface area contributed by atoms with Crippen LogP contribution in [0.25, 0.3) is 0 Å². The molecule has 1 aliphatic rings. The normalized spacial score (nSPS) is 25.0. The van der Waals surface area contributed by atoms with Gasteiger partial charge >= 0.3 is 0 Å². The second-order valence-corrected chi connectivity index (χ2v) is 5.55. The van der Waals surface area contributed by atoms with Crippen molar-refractivity contribution in [3.63, 3.8) is 0 Å². The van der Waals surface area contributed by atoms with Gasteiger partial charge in [-0.15, -0.1) is 0 Å². The molecule has 20 heavy (non-hydrogen) atoms. The maximum absolute atomic E-state index is 13.5.